The third-order valence-corrected chi connectivity index (χ3v) is 2.98. The van der Waals surface area contributed by atoms with Gasteiger partial charge >= 0.3 is 0 Å². The molecular weight excluding hydrogens is 140 g/mol. The van der Waals surface area contributed by atoms with Gasteiger partial charge in [0.25, 0.3) is 0 Å². The Labute approximate surface area is 67.6 Å². The van der Waals surface area contributed by atoms with Crippen molar-refractivity contribution >= 4 is 0 Å². The summed E-state index contributed by atoms with van der Waals surface area (Å²) in [6.45, 7) is 0.215. The van der Waals surface area contributed by atoms with Crippen LogP contribution < -0.4 is 0 Å². The van der Waals surface area contributed by atoms with Crippen LogP contribution in [0.3, 0.4) is 0 Å². The summed E-state index contributed by atoms with van der Waals surface area (Å²) in [5, 5.41) is 8.89. The van der Waals surface area contributed by atoms with Gasteiger partial charge in [-0.3, -0.25) is 0 Å². The molecule has 2 rings (SSSR count). The van der Waals surface area contributed by atoms with E-state index in [0.717, 1.165) is 12.3 Å². The number of fused-ring (bicyclic) bond motifs is 1. The lowest BCUT2D eigenvalue weighted by Gasteiger charge is -2.23. The predicted molar refractivity (Wildman–Crippen MR) is 42.3 cm³/mol. The Morgan fingerprint density at radius 3 is 2.82 bits per heavy atom. The number of hydrogen-bond donors (Lipinski definition) is 1. The molecule has 0 spiro atoms. The zero-order valence-corrected chi connectivity index (χ0v) is 6.83. The maximum atomic E-state index is 8.89. The maximum Gasteiger partial charge on any atom is 0.0813 e. The van der Waals surface area contributed by atoms with Crippen LogP contribution in [0.5, 0.6) is 0 Å². The molecule has 2 fully saturated rings. The van der Waals surface area contributed by atoms with Gasteiger partial charge < -0.3 is 9.84 Å². The Morgan fingerprint density at radius 1 is 1.27 bits per heavy atom. The maximum absolute atomic E-state index is 8.89. The van der Waals surface area contributed by atoms with Crippen molar-refractivity contribution in [2.75, 3.05) is 6.61 Å². The molecular formula is C9H16O2. The molecule has 1 aliphatic heterocycles. The fourth-order valence-corrected chi connectivity index (χ4v) is 2.38. The fourth-order valence-electron chi connectivity index (χ4n) is 2.38. The third kappa shape index (κ3) is 1.42. The summed E-state index contributed by atoms with van der Waals surface area (Å²) in [6, 6.07) is 0. The van der Waals surface area contributed by atoms with Gasteiger partial charge in [0.2, 0.25) is 0 Å². The largest absolute Gasteiger partial charge is 0.394 e. The summed E-state index contributed by atoms with van der Waals surface area (Å²) in [6.07, 6.45) is 6.97. The van der Waals surface area contributed by atoms with Gasteiger partial charge in [-0.2, -0.15) is 0 Å². The molecule has 1 saturated carbocycles. The number of ether oxygens (including phenoxy) is 1. The van der Waals surface area contributed by atoms with Crippen molar-refractivity contribution in [3.05, 3.63) is 0 Å². The Hall–Kier alpha value is -0.0800. The average molecular weight is 156 g/mol. The van der Waals surface area contributed by atoms with Gasteiger partial charge in [-0.15, -0.1) is 0 Å². The van der Waals surface area contributed by atoms with Crippen molar-refractivity contribution in [3.63, 3.8) is 0 Å². The monoisotopic (exact) mass is 156 g/mol. The third-order valence-electron chi connectivity index (χ3n) is 2.98. The summed E-state index contributed by atoms with van der Waals surface area (Å²) in [7, 11) is 0. The molecule has 0 bridgehead atoms. The zero-order valence-electron chi connectivity index (χ0n) is 6.83. The van der Waals surface area contributed by atoms with Gasteiger partial charge in [-0.25, -0.2) is 0 Å². The van der Waals surface area contributed by atoms with Crippen LogP contribution in [0.2, 0.25) is 0 Å². The second-order valence-electron chi connectivity index (χ2n) is 3.76. The normalized spacial score (nSPS) is 43.9. The molecule has 0 aromatic rings. The van der Waals surface area contributed by atoms with Gasteiger partial charge in [0, 0.05) is 0 Å². The molecule has 11 heavy (non-hydrogen) atoms. The highest BCUT2D eigenvalue weighted by atomic mass is 16.5. The van der Waals surface area contributed by atoms with E-state index in [9.17, 15) is 0 Å². The van der Waals surface area contributed by atoms with Crippen LogP contribution in [0.25, 0.3) is 0 Å². The van der Waals surface area contributed by atoms with Gasteiger partial charge in [-0.05, 0) is 25.2 Å². The molecule has 2 heteroatoms. The number of aliphatic hydroxyl groups is 1. The summed E-state index contributed by atoms with van der Waals surface area (Å²) in [4.78, 5) is 0. The molecule has 1 heterocycles. The fraction of sp³-hybridized carbons (Fsp3) is 1.00. The molecule has 0 radical (unpaired) electrons. The first kappa shape index (κ1) is 7.56. The number of aliphatic hydroxyl groups excluding tert-OH is 1. The Morgan fingerprint density at radius 2 is 2.09 bits per heavy atom. The molecule has 3 atom stereocenters. The molecule has 2 nitrogen and oxygen atoms in total. The summed E-state index contributed by atoms with van der Waals surface area (Å²) >= 11 is 0. The van der Waals surface area contributed by atoms with E-state index in [1.54, 1.807) is 0 Å². The smallest absolute Gasteiger partial charge is 0.0813 e. The van der Waals surface area contributed by atoms with Crippen molar-refractivity contribution in [2.24, 2.45) is 5.92 Å². The van der Waals surface area contributed by atoms with E-state index in [0.29, 0.717) is 6.10 Å². The Kier molecular flexibility index (Phi) is 2.14. The molecule has 0 aromatic carbocycles. The highest BCUT2D eigenvalue weighted by Crippen LogP contribution is 2.36. The molecule has 0 amide bonds. The number of rotatable bonds is 1. The molecule has 2 aliphatic rings. The Bertz CT molecular complexity index is 122. The lowest BCUT2D eigenvalue weighted by atomic mass is 9.85. The van der Waals surface area contributed by atoms with E-state index >= 15 is 0 Å². The minimum atomic E-state index is 0.156. The minimum Gasteiger partial charge on any atom is -0.394 e. The minimum absolute atomic E-state index is 0.156. The first-order valence-electron chi connectivity index (χ1n) is 4.66. The molecule has 1 N–H and O–H groups in total. The van der Waals surface area contributed by atoms with Gasteiger partial charge in [0.1, 0.15) is 0 Å². The number of hydrogen-bond acceptors (Lipinski definition) is 2. The van der Waals surface area contributed by atoms with Crippen LogP contribution in [0.1, 0.15) is 32.1 Å². The Balaban J connectivity index is 1.92. The van der Waals surface area contributed by atoms with Crippen molar-refractivity contribution in [1.82, 2.24) is 0 Å². The van der Waals surface area contributed by atoms with Crippen LogP contribution in [-0.2, 0) is 4.74 Å². The van der Waals surface area contributed by atoms with E-state index in [-0.39, 0.29) is 12.7 Å². The van der Waals surface area contributed by atoms with E-state index < -0.39 is 0 Å². The molecule has 0 aromatic heterocycles. The SMILES string of the molecule is OC[C@H]1C[C@H]2CCCC[C@@H]2O1. The highest BCUT2D eigenvalue weighted by molar-refractivity contribution is 4.84. The zero-order chi connectivity index (χ0) is 7.68. The quantitative estimate of drug-likeness (QED) is 0.620. The van der Waals surface area contributed by atoms with Gasteiger partial charge in [0.05, 0.1) is 18.8 Å². The van der Waals surface area contributed by atoms with E-state index in [2.05, 4.69) is 0 Å². The van der Waals surface area contributed by atoms with E-state index in [1.165, 1.54) is 25.7 Å². The van der Waals surface area contributed by atoms with Crippen LogP contribution >= 0.6 is 0 Å². The summed E-state index contributed by atoms with van der Waals surface area (Å²) in [5.74, 6) is 0.765. The predicted octanol–water partition coefficient (Wildman–Crippen LogP) is 1.33. The van der Waals surface area contributed by atoms with Gasteiger partial charge in [0.15, 0.2) is 0 Å². The lowest BCUT2D eigenvalue weighted by molar-refractivity contribution is -0.00558. The lowest BCUT2D eigenvalue weighted by Crippen LogP contribution is -2.20. The van der Waals surface area contributed by atoms with Crippen LogP contribution in [0.4, 0.5) is 0 Å². The molecule has 64 valence electrons. The van der Waals surface area contributed by atoms with E-state index in [1.807, 2.05) is 0 Å². The van der Waals surface area contributed by atoms with Crippen molar-refractivity contribution in [1.29, 1.82) is 0 Å². The van der Waals surface area contributed by atoms with Crippen LogP contribution in [0.15, 0.2) is 0 Å². The second-order valence-corrected chi connectivity index (χ2v) is 3.76. The molecule has 1 aliphatic carbocycles. The standard InChI is InChI=1S/C9H16O2/c10-6-8-5-7-3-1-2-4-9(7)11-8/h7-10H,1-6H2/t7-,8-,9+/m1/s1. The van der Waals surface area contributed by atoms with Crippen molar-refractivity contribution in [3.8, 4) is 0 Å². The van der Waals surface area contributed by atoms with Gasteiger partial charge in [-0.1, -0.05) is 12.8 Å². The topological polar surface area (TPSA) is 29.5 Å². The highest BCUT2D eigenvalue weighted by Gasteiger charge is 2.35. The van der Waals surface area contributed by atoms with E-state index in [4.69, 9.17) is 9.84 Å². The van der Waals surface area contributed by atoms with Crippen molar-refractivity contribution in [2.45, 2.75) is 44.3 Å². The molecule has 1 saturated heterocycles. The van der Waals surface area contributed by atoms with Crippen LogP contribution in [0, 0.1) is 5.92 Å². The first-order chi connectivity index (χ1) is 5.40. The average Bonchev–Trinajstić information content (AvgIpc) is 2.46. The summed E-state index contributed by atoms with van der Waals surface area (Å²) in [5.41, 5.74) is 0. The summed E-state index contributed by atoms with van der Waals surface area (Å²) < 4.78 is 5.66. The molecule has 0 unspecified atom stereocenters. The van der Waals surface area contributed by atoms with Crippen molar-refractivity contribution < 1.29 is 9.84 Å². The second kappa shape index (κ2) is 3.11. The first-order valence-corrected chi connectivity index (χ1v) is 4.66. The van der Waals surface area contributed by atoms with Crippen LogP contribution in [-0.4, -0.2) is 23.9 Å².